The van der Waals surface area contributed by atoms with E-state index in [-0.39, 0.29) is 12.5 Å². The number of hydrogen-bond donors (Lipinski definition) is 1. The number of ether oxygens (including phenoxy) is 1. The van der Waals surface area contributed by atoms with Crippen molar-refractivity contribution in [2.45, 2.75) is 25.9 Å². The number of imidazole rings is 1. The van der Waals surface area contributed by atoms with Gasteiger partial charge in [0.25, 0.3) is 0 Å². The van der Waals surface area contributed by atoms with E-state index in [4.69, 9.17) is 9.84 Å². The smallest absolute Gasteiger partial charge is 0.305 e. The summed E-state index contributed by atoms with van der Waals surface area (Å²) in [6.45, 7) is 4.55. The summed E-state index contributed by atoms with van der Waals surface area (Å²) >= 11 is 0. The summed E-state index contributed by atoms with van der Waals surface area (Å²) in [6, 6.07) is 5.84. The standard InChI is InChI=1S/C15H19N3O3/c1-11-13(18-5-3-2-4-14(18)16-11)9-17-6-7-21-10-12(17)8-15(19)20/h2-5,12H,6-10H2,1H3,(H,19,20). The zero-order valence-corrected chi connectivity index (χ0v) is 12.0. The van der Waals surface area contributed by atoms with E-state index >= 15 is 0 Å². The van der Waals surface area contributed by atoms with Crippen molar-refractivity contribution < 1.29 is 14.6 Å². The molecule has 6 heteroatoms. The van der Waals surface area contributed by atoms with Gasteiger partial charge in [0.05, 0.1) is 31.0 Å². The van der Waals surface area contributed by atoms with Crippen LogP contribution in [-0.4, -0.2) is 51.2 Å². The first kappa shape index (κ1) is 14.0. The minimum absolute atomic E-state index is 0.0788. The van der Waals surface area contributed by atoms with Crippen molar-refractivity contribution in [3.8, 4) is 0 Å². The van der Waals surface area contributed by atoms with Gasteiger partial charge in [0.15, 0.2) is 0 Å². The number of hydrogen-bond acceptors (Lipinski definition) is 4. The number of aromatic nitrogens is 2. The van der Waals surface area contributed by atoms with Crippen LogP contribution >= 0.6 is 0 Å². The summed E-state index contributed by atoms with van der Waals surface area (Å²) in [4.78, 5) is 17.7. The van der Waals surface area contributed by atoms with Gasteiger partial charge in [0.1, 0.15) is 5.65 Å². The summed E-state index contributed by atoms with van der Waals surface area (Å²) in [6.07, 6.45) is 2.10. The average molecular weight is 289 g/mol. The third-order valence-electron chi connectivity index (χ3n) is 3.94. The molecule has 0 bridgehead atoms. The summed E-state index contributed by atoms with van der Waals surface area (Å²) in [5.74, 6) is -0.787. The van der Waals surface area contributed by atoms with Gasteiger partial charge in [-0.2, -0.15) is 0 Å². The van der Waals surface area contributed by atoms with Gasteiger partial charge in [-0.3, -0.25) is 9.69 Å². The van der Waals surface area contributed by atoms with Crippen LogP contribution in [0.1, 0.15) is 17.8 Å². The van der Waals surface area contributed by atoms with Crippen molar-refractivity contribution in [3.63, 3.8) is 0 Å². The number of carboxylic acids is 1. The van der Waals surface area contributed by atoms with Crippen LogP contribution in [0.4, 0.5) is 0 Å². The molecule has 1 unspecified atom stereocenters. The molecule has 0 saturated carbocycles. The van der Waals surface area contributed by atoms with Gasteiger partial charge in [0.2, 0.25) is 0 Å². The van der Waals surface area contributed by atoms with Crippen molar-refractivity contribution in [2.24, 2.45) is 0 Å². The van der Waals surface area contributed by atoms with Gasteiger partial charge >= 0.3 is 5.97 Å². The number of carboxylic acid groups (broad SMARTS) is 1. The van der Waals surface area contributed by atoms with Crippen LogP contribution in [0.25, 0.3) is 5.65 Å². The predicted octanol–water partition coefficient (Wildman–Crippen LogP) is 1.32. The lowest BCUT2D eigenvalue weighted by molar-refractivity contribution is -0.140. The highest BCUT2D eigenvalue weighted by molar-refractivity contribution is 5.67. The van der Waals surface area contributed by atoms with E-state index in [1.165, 1.54) is 0 Å². The van der Waals surface area contributed by atoms with E-state index in [1.807, 2.05) is 31.3 Å². The van der Waals surface area contributed by atoms with Gasteiger partial charge in [0, 0.05) is 25.3 Å². The number of morpholine rings is 1. The van der Waals surface area contributed by atoms with Gasteiger partial charge in [-0.1, -0.05) is 6.07 Å². The Labute approximate surface area is 123 Å². The Kier molecular flexibility index (Phi) is 3.90. The maximum absolute atomic E-state index is 11.0. The van der Waals surface area contributed by atoms with Crippen LogP contribution in [0, 0.1) is 6.92 Å². The van der Waals surface area contributed by atoms with Crippen molar-refractivity contribution >= 4 is 11.6 Å². The lowest BCUT2D eigenvalue weighted by Gasteiger charge is -2.34. The molecule has 1 atom stereocenters. The highest BCUT2D eigenvalue weighted by Gasteiger charge is 2.26. The number of fused-ring (bicyclic) bond motifs is 1. The first-order valence-electron chi connectivity index (χ1n) is 7.11. The average Bonchev–Trinajstić information content (AvgIpc) is 2.77. The van der Waals surface area contributed by atoms with E-state index in [0.717, 1.165) is 23.6 Å². The molecule has 21 heavy (non-hydrogen) atoms. The Morgan fingerprint density at radius 1 is 1.52 bits per heavy atom. The highest BCUT2D eigenvalue weighted by atomic mass is 16.5. The van der Waals surface area contributed by atoms with E-state index in [2.05, 4.69) is 14.3 Å². The molecule has 1 aliphatic rings. The summed E-state index contributed by atoms with van der Waals surface area (Å²) < 4.78 is 7.49. The number of carbonyl (C=O) groups is 1. The molecule has 3 rings (SSSR count). The number of nitrogens with zero attached hydrogens (tertiary/aromatic N) is 3. The van der Waals surface area contributed by atoms with Crippen molar-refractivity contribution in [3.05, 3.63) is 35.8 Å². The van der Waals surface area contributed by atoms with Crippen LogP contribution in [0.2, 0.25) is 0 Å². The molecule has 1 saturated heterocycles. The Hall–Kier alpha value is -1.92. The summed E-state index contributed by atoms with van der Waals surface area (Å²) in [7, 11) is 0. The summed E-state index contributed by atoms with van der Waals surface area (Å²) in [5.41, 5.74) is 3.03. The fraction of sp³-hybridized carbons (Fsp3) is 0.467. The second-order valence-corrected chi connectivity index (χ2v) is 5.37. The zero-order chi connectivity index (χ0) is 14.8. The van der Waals surface area contributed by atoms with Crippen LogP contribution in [0.15, 0.2) is 24.4 Å². The highest BCUT2D eigenvalue weighted by Crippen LogP contribution is 2.18. The SMILES string of the molecule is Cc1nc2ccccn2c1CN1CCOCC1CC(=O)O. The third kappa shape index (κ3) is 2.91. The molecule has 1 fully saturated rings. The van der Waals surface area contributed by atoms with Crippen molar-refractivity contribution in [1.29, 1.82) is 0 Å². The topological polar surface area (TPSA) is 67.1 Å². The van der Waals surface area contributed by atoms with Gasteiger partial charge in [-0.25, -0.2) is 4.98 Å². The maximum Gasteiger partial charge on any atom is 0.305 e. The fourth-order valence-electron chi connectivity index (χ4n) is 2.83. The maximum atomic E-state index is 11.0. The predicted molar refractivity (Wildman–Crippen MR) is 77.2 cm³/mol. The molecule has 2 aromatic rings. The first-order chi connectivity index (χ1) is 10.1. The molecule has 0 aliphatic carbocycles. The Balaban J connectivity index is 1.85. The Bertz CT molecular complexity index is 653. The molecular weight excluding hydrogens is 270 g/mol. The normalized spacial score (nSPS) is 20.0. The van der Waals surface area contributed by atoms with E-state index in [1.54, 1.807) is 0 Å². The number of pyridine rings is 1. The molecule has 2 aromatic heterocycles. The second-order valence-electron chi connectivity index (χ2n) is 5.37. The largest absolute Gasteiger partial charge is 0.481 e. The first-order valence-corrected chi connectivity index (χ1v) is 7.11. The van der Waals surface area contributed by atoms with Crippen LogP contribution in [0.5, 0.6) is 0 Å². The van der Waals surface area contributed by atoms with Crippen LogP contribution in [0.3, 0.4) is 0 Å². The molecular formula is C15H19N3O3. The van der Waals surface area contributed by atoms with Crippen molar-refractivity contribution in [1.82, 2.24) is 14.3 Å². The zero-order valence-electron chi connectivity index (χ0n) is 12.0. The van der Waals surface area contributed by atoms with Crippen molar-refractivity contribution in [2.75, 3.05) is 19.8 Å². The fourth-order valence-corrected chi connectivity index (χ4v) is 2.83. The van der Waals surface area contributed by atoms with Gasteiger partial charge in [-0.05, 0) is 19.1 Å². The molecule has 0 amide bonds. The van der Waals surface area contributed by atoms with Crippen LogP contribution < -0.4 is 0 Å². The van der Waals surface area contributed by atoms with Gasteiger partial charge < -0.3 is 14.2 Å². The molecule has 1 N–H and O–H groups in total. The van der Waals surface area contributed by atoms with E-state index in [0.29, 0.717) is 19.8 Å². The Morgan fingerprint density at radius 2 is 2.38 bits per heavy atom. The lowest BCUT2D eigenvalue weighted by Crippen LogP contribution is -2.46. The Morgan fingerprint density at radius 3 is 3.19 bits per heavy atom. The molecule has 0 aromatic carbocycles. The molecule has 6 nitrogen and oxygen atoms in total. The quantitative estimate of drug-likeness (QED) is 0.919. The van der Waals surface area contributed by atoms with Gasteiger partial charge in [-0.15, -0.1) is 0 Å². The minimum atomic E-state index is -0.787. The number of aliphatic carboxylic acids is 1. The van der Waals surface area contributed by atoms with E-state index in [9.17, 15) is 4.79 Å². The monoisotopic (exact) mass is 289 g/mol. The number of rotatable bonds is 4. The number of aryl methyl sites for hydroxylation is 1. The molecule has 3 heterocycles. The second kappa shape index (κ2) is 5.83. The minimum Gasteiger partial charge on any atom is -0.481 e. The summed E-state index contributed by atoms with van der Waals surface area (Å²) in [5, 5.41) is 9.04. The molecule has 1 aliphatic heterocycles. The molecule has 0 spiro atoms. The third-order valence-corrected chi connectivity index (χ3v) is 3.94. The van der Waals surface area contributed by atoms with E-state index < -0.39 is 5.97 Å². The molecule has 112 valence electrons. The lowest BCUT2D eigenvalue weighted by atomic mass is 10.1. The van der Waals surface area contributed by atoms with Crippen LogP contribution in [-0.2, 0) is 16.1 Å². The molecule has 0 radical (unpaired) electrons.